The van der Waals surface area contributed by atoms with Gasteiger partial charge in [0.25, 0.3) is 0 Å². The van der Waals surface area contributed by atoms with Gasteiger partial charge in [-0.3, -0.25) is 0 Å². The first-order chi connectivity index (χ1) is 14.8. The first-order valence-electron chi connectivity index (χ1n) is 10.1. The summed E-state index contributed by atoms with van der Waals surface area (Å²) in [6.07, 6.45) is 7.84. The van der Waals surface area contributed by atoms with Crippen molar-refractivity contribution in [1.82, 2.24) is 0 Å². The van der Waals surface area contributed by atoms with Crippen molar-refractivity contribution >= 4 is 55.0 Å². The molecule has 31 heavy (non-hydrogen) atoms. The van der Waals surface area contributed by atoms with Crippen LogP contribution in [0.2, 0.25) is 0 Å². The molecule has 2 nitrogen and oxygen atoms in total. The van der Waals surface area contributed by atoms with Crippen molar-refractivity contribution in [3.05, 3.63) is 86.3 Å². The number of hydrogen-bond donors (Lipinski definition) is 2. The molecular formula is C27H24O2S2. The van der Waals surface area contributed by atoms with E-state index >= 15 is 0 Å². The van der Waals surface area contributed by atoms with E-state index in [2.05, 4.69) is 23.9 Å². The summed E-state index contributed by atoms with van der Waals surface area (Å²) in [5, 5.41) is 22.8. The number of benzene rings is 2. The van der Waals surface area contributed by atoms with E-state index in [1.165, 1.54) is 0 Å². The Morgan fingerprint density at radius 1 is 0.839 bits per heavy atom. The Morgan fingerprint density at radius 3 is 2.00 bits per heavy atom. The molecule has 156 valence electrons. The van der Waals surface area contributed by atoms with E-state index in [9.17, 15) is 10.2 Å². The van der Waals surface area contributed by atoms with Crippen molar-refractivity contribution in [2.75, 3.05) is 0 Å². The van der Waals surface area contributed by atoms with Gasteiger partial charge in [-0.2, -0.15) is 0 Å². The largest absolute Gasteiger partial charge is 0.506 e. The molecule has 4 aromatic rings. The van der Waals surface area contributed by atoms with Crippen LogP contribution in [0.5, 0.6) is 11.5 Å². The molecule has 0 bridgehead atoms. The van der Waals surface area contributed by atoms with Gasteiger partial charge in [-0.25, -0.2) is 0 Å². The molecule has 0 aliphatic carbocycles. The number of thiophene rings is 2. The minimum absolute atomic E-state index is 0.320. The SMILES string of the molecule is CC(=C=Cc1sc2ccc(C)cc2c1O)C=C(C)C=Cc1sc2ccc(C)cc2c1O. The maximum Gasteiger partial charge on any atom is 0.142 e. The Kier molecular flexibility index (Phi) is 5.88. The van der Waals surface area contributed by atoms with Crippen LogP contribution in [0.1, 0.15) is 34.7 Å². The molecule has 4 rings (SSSR count). The van der Waals surface area contributed by atoms with Gasteiger partial charge in [0.15, 0.2) is 0 Å². The van der Waals surface area contributed by atoms with Gasteiger partial charge in [0.1, 0.15) is 11.5 Å². The van der Waals surface area contributed by atoms with Crippen LogP contribution in [-0.2, 0) is 0 Å². The predicted molar refractivity (Wildman–Crippen MR) is 136 cm³/mol. The minimum Gasteiger partial charge on any atom is -0.506 e. The second-order valence-electron chi connectivity index (χ2n) is 7.82. The summed E-state index contributed by atoms with van der Waals surface area (Å²) in [5.74, 6) is 0.662. The molecule has 0 spiro atoms. The Morgan fingerprint density at radius 2 is 1.39 bits per heavy atom. The van der Waals surface area contributed by atoms with Gasteiger partial charge in [0.2, 0.25) is 0 Å². The smallest absolute Gasteiger partial charge is 0.142 e. The van der Waals surface area contributed by atoms with Gasteiger partial charge in [0.05, 0.1) is 9.75 Å². The Hall–Kier alpha value is -3.04. The number of fused-ring (bicyclic) bond motifs is 2. The van der Waals surface area contributed by atoms with Gasteiger partial charge in [0, 0.05) is 26.2 Å². The van der Waals surface area contributed by atoms with Crippen LogP contribution in [0.3, 0.4) is 0 Å². The van der Waals surface area contributed by atoms with Crippen LogP contribution in [0.25, 0.3) is 32.3 Å². The molecule has 0 unspecified atom stereocenters. The average Bonchev–Trinajstić information content (AvgIpc) is 3.21. The Labute approximate surface area is 190 Å². The highest BCUT2D eigenvalue weighted by atomic mass is 32.1. The maximum absolute atomic E-state index is 10.5. The van der Waals surface area contributed by atoms with Crippen molar-refractivity contribution in [2.45, 2.75) is 27.7 Å². The fraction of sp³-hybridized carbons (Fsp3) is 0.148. The highest BCUT2D eigenvalue weighted by Gasteiger charge is 2.09. The molecule has 0 fully saturated rings. The van der Waals surface area contributed by atoms with Crippen LogP contribution in [0.15, 0.2) is 65.4 Å². The van der Waals surface area contributed by atoms with Gasteiger partial charge in [-0.1, -0.05) is 34.9 Å². The van der Waals surface area contributed by atoms with Crippen molar-refractivity contribution in [3.8, 4) is 11.5 Å². The molecule has 2 N–H and O–H groups in total. The Bertz CT molecular complexity index is 1420. The maximum atomic E-state index is 10.5. The van der Waals surface area contributed by atoms with Gasteiger partial charge < -0.3 is 10.2 Å². The third-order valence-corrected chi connectivity index (χ3v) is 7.29. The number of allylic oxidation sites excluding steroid dienone is 4. The van der Waals surface area contributed by atoms with Crippen LogP contribution in [-0.4, -0.2) is 10.2 Å². The van der Waals surface area contributed by atoms with Crippen molar-refractivity contribution in [2.24, 2.45) is 0 Å². The lowest BCUT2D eigenvalue weighted by Crippen LogP contribution is -1.72. The summed E-state index contributed by atoms with van der Waals surface area (Å²) in [6, 6.07) is 12.2. The average molecular weight is 445 g/mol. The van der Waals surface area contributed by atoms with E-state index in [4.69, 9.17) is 0 Å². The quantitative estimate of drug-likeness (QED) is 0.245. The molecule has 0 saturated heterocycles. The van der Waals surface area contributed by atoms with Gasteiger partial charge in [-0.05, 0) is 69.7 Å². The van der Waals surface area contributed by atoms with E-state index in [1.807, 2.05) is 70.2 Å². The molecule has 0 radical (unpaired) electrons. The van der Waals surface area contributed by atoms with Crippen LogP contribution >= 0.6 is 22.7 Å². The zero-order valence-corrected chi connectivity index (χ0v) is 19.6. The summed E-state index contributed by atoms with van der Waals surface area (Å²) in [7, 11) is 0. The molecule has 2 heterocycles. The van der Waals surface area contributed by atoms with Crippen LogP contribution in [0, 0.1) is 13.8 Å². The van der Waals surface area contributed by atoms with Gasteiger partial charge in [-0.15, -0.1) is 28.4 Å². The monoisotopic (exact) mass is 444 g/mol. The first-order valence-corrected chi connectivity index (χ1v) is 11.7. The lowest BCUT2D eigenvalue weighted by Gasteiger charge is -1.94. The van der Waals surface area contributed by atoms with E-state index in [1.54, 1.807) is 22.7 Å². The number of hydrogen-bond acceptors (Lipinski definition) is 4. The van der Waals surface area contributed by atoms with Gasteiger partial charge >= 0.3 is 0 Å². The first kappa shape index (κ1) is 21.2. The zero-order chi connectivity index (χ0) is 22.1. The highest BCUT2D eigenvalue weighted by molar-refractivity contribution is 7.20. The van der Waals surface area contributed by atoms with Crippen LogP contribution < -0.4 is 0 Å². The molecule has 2 aromatic carbocycles. The second-order valence-corrected chi connectivity index (χ2v) is 9.99. The molecule has 0 amide bonds. The summed E-state index contributed by atoms with van der Waals surface area (Å²) in [5.41, 5.74) is 7.56. The molecule has 2 aromatic heterocycles. The summed E-state index contributed by atoms with van der Waals surface area (Å²) in [4.78, 5) is 1.67. The van der Waals surface area contributed by atoms with Crippen molar-refractivity contribution in [1.29, 1.82) is 0 Å². The van der Waals surface area contributed by atoms with E-state index in [0.717, 1.165) is 52.2 Å². The van der Waals surface area contributed by atoms with Crippen molar-refractivity contribution < 1.29 is 10.2 Å². The predicted octanol–water partition coefficient (Wildman–Crippen LogP) is 8.36. The van der Waals surface area contributed by atoms with E-state index < -0.39 is 0 Å². The third kappa shape index (κ3) is 4.52. The van der Waals surface area contributed by atoms with E-state index in [-0.39, 0.29) is 0 Å². The number of aryl methyl sites for hydroxylation is 2. The van der Waals surface area contributed by atoms with Crippen molar-refractivity contribution in [3.63, 3.8) is 0 Å². The fourth-order valence-corrected chi connectivity index (χ4v) is 5.41. The summed E-state index contributed by atoms with van der Waals surface area (Å²) < 4.78 is 2.16. The zero-order valence-electron chi connectivity index (χ0n) is 18.0. The van der Waals surface area contributed by atoms with Crippen LogP contribution in [0.4, 0.5) is 0 Å². The third-order valence-electron chi connectivity index (χ3n) is 5.06. The lowest BCUT2D eigenvalue weighted by atomic mass is 10.1. The number of aromatic hydroxyl groups is 2. The fourth-order valence-electron chi connectivity index (χ4n) is 3.46. The normalized spacial score (nSPS) is 12.1. The number of rotatable bonds is 4. The highest BCUT2D eigenvalue weighted by Crippen LogP contribution is 2.39. The molecule has 0 atom stereocenters. The molecule has 0 aliphatic heterocycles. The molecule has 0 saturated carbocycles. The minimum atomic E-state index is 0.320. The lowest BCUT2D eigenvalue weighted by molar-refractivity contribution is 0.482. The molecule has 0 aliphatic rings. The standard InChI is InChI=1S/C27H24O2S2/c1-16(7-11-24-26(28)20-14-18(3)5-9-22(20)30-24)13-17(2)8-12-25-27(29)21-15-19(4)6-10-23(21)31-25/h5-7,9-15,28-29H,1-4H3. The van der Waals surface area contributed by atoms with E-state index in [0.29, 0.717) is 11.5 Å². The molecular weight excluding hydrogens is 420 g/mol. The second kappa shape index (κ2) is 8.60. The summed E-state index contributed by atoms with van der Waals surface area (Å²) in [6.45, 7) is 8.07. The Balaban J connectivity index is 1.57. The topological polar surface area (TPSA) is 40.5 Å². The summed E-state index contributed by atoms with van der Waals surface area (Å²) >= 11 is 3.15. The molecule has 4 heteroatoms.